The molecule has 0 aromatic rings. The van der Waals surface area contributed by atoms with Crippen molar-refractivity contribution < 1.29 is 0 Å². The van der Waals surface area contributed by atoms with Gasteiger partial charge in [-0.05, 0) is 57.3 Å². The van der Waals surface area contributed by atoms with Gasteiger partial charge in [0.2, 0.25) is 0 Å². The van der Waals surface area contributed by atoms with Gasteiger partial charge < -0.3 is 20.1 Å². The summed E-state index contributed by atoms with van der Waals surface area (Å²) in [5.41, 5.74) is 1.20. The SMILES string of the molecule is CCC=C(N1CCCCC1)N(C)/C(=C\C/C(C)=C/C=N)N(C)C. The highest BCUT2D eigenvalue weighted by molar-refractivity contribution is 5.68. The molecule has 1 heterocycles. The van der Waals surface area contributed by atoms with Gasteiger partial charge in [-0.3, -0.25) is 0 Å². The lowest BCUT2D eigenvalue weighted by atomic mass is 10.1. The van der Waals surface area contributed by atoms with Gasteiger partial charge in [0.15, 0.2) is 0 Å². The molecule has 0 radical (unpaired) electrons. The Morgan fingerprint density at radius 1 is 1.09 bits per heavy atom. The number of nitrogens with zero attached hydrogens (tertiary/aromatic N) is 3. The van der Waals surface area contributed by atoms with Gasteiger partial charge in [-0.1, -0.05) is 12.5 Å². The third kappa shape index (κ3) is 6.12. The van der Waals surface area contributed by atoms with Crippen molar-refractivity contribution >= 4 is 6.21 Å². The number of hydrogen-bond donors (Lipinski definition) is 1. The molecule has 0 aromatic heterocycles. The predicted molar refractivity (Wildman–Crippen MR) is 100 cm³/mol. The molecule has 0 amide bonds. The van der Waals surface area contributed by atoms with Gasteiger partial charge in [-0.2, -0.15) is 0 Å². The zero-order chi connectivity index (χ0) is 17.2. The van der Waals surface area contributed by atoms with Crippen LogP contribution in [0, 0.1) is 5.41 Å². The van der Waals surface area contributed by atoms with E-state index in [4.69, 9.17) is 5.41 Å². The normalized spacial score (nSPS) is 17.3. The van der Waals surface area contributed by atoms with Crippen molar-refractivity contribution in [3.8, 4) is 0 Å². The van der Waals surface area contributed by atoms with Crippen LogP contribution < -0.4 is 0 Å². The summed E-state index contributed by atoms with van der Waals surface area (Å²) >= 11 is 0. The largest absolute Gasteiger partial charge is 0.364 e. The summed E-state index contributed by atoms with van der Waals surface area (Å²) in [6.07, 6.45) is 13.6. The molecule has 1 N–H and O–H groups in total. The Hall–Kier alpha value is -1.71. The molecule has 0 atom stereocenters. The molecule has 1 aliphatic rings. The Balaban J connectivity index is 2.98. The number of likely N-dealkylation sites (tertiary alicyclic amines) is 1. The van der Waals surface area contributed by atoms with Crippen LogP contribution in [-0.2, 0) is 0 Å². The maximum Gasteiger partial charge on any atom is 0.105 e. The van der Waals surface area contributed by atoms with Gasteiger partial charge in [0.1, 0.15) is 11.6 Å². The molecule has 4 nitrogen and oxygen atoms in total. The summed E-state index contributed by atoms with van der Waals surface area (Å²) in [5, 5.41) is 7.19. The molecule has 0 saturated carbocycles. The van der Waals surface area contributed by atoms with Crippen molar-refractivity contribution in [3.63, 3.8) is 0 Å². The van der Waals surface area contributed by atoms with E-state index in [1.165, 1.54) is 42.7 Å². The number of rotatable bonds is 8. The second kappa shape index (κ2) is 10.1. The highest BCUT2D eigenvalue weighted by atomic mass is 15.4. The minimum Gasteiger partial charge on any atom is -0.364 e. The Labute approximate surface area is 142 Å². The molecule has 1 aliphatic heterocycles. The fraction of sp³-hybridized carbons (Fsp3) is 0.632. The maximum atomic E-state index is 7.19. The molecule has 4 heteroatoms. The number of allylic oxidation sites excluding steroid dienone is 4. The fourth-order valence-electron chi connectivity index (χ4n) is 2.98. The first-order chi connectivity index (χ1) is 11.0. The van der Waals surface area contributed by atoms with Crippen molar-refractivity contribution in [2.45, 2.75) is 46.0 Å². The molecule has 1 rings (SSSR count). The van der Waals surface area contributed by atoms with Gasteiger partial charge in [0, 0.05) is 40.4 Å². The lowest BCUT2D eigenvalue weighted by molar-refractivity contribution is 0.201. The Kier molecular flexibility index (Phi) is 8.52. The molecule has 0 unspecified atom stereocenters. The standard InChI is InChI=1S/C19H34N4/c1-6-10-19(23-15-8-7-9-16-23)22(5)18(21(3)4)12-11-17(2)13-14-20/h10,12-14,20H,6-9,11,15-16H2,1-5H3/b17-13+,18-12-,19-10?,20-14?. The predicted octanol–water partition coefficient (Wildman–Crippen LogP) is 4.04. The topological polar surface area (TPSA) is 33.6 Å². The van der Waals surface area contributed by atoms with Gasteiger partial charge >= 0.3 is 0 Å². The molecule has 1 saturated heterocycles. The molecule has 0 aliphatic carbocycles. The van der Waals surface area contributed by atoms with Crippen LogP contribution in [0.3, 0.4) is 0 Å². The van der Waals surface area contributed by atoms with E-state index in [0.29, 0.717) is 0 Å². The molecular weight excluding hydrogens is 284 g/mol. The second-order valence-corrected chi connectivity index (χ2v) is 6.42. The van der Waals surface area contributed by atoms with E-state index in [2.05, 4.69) is 61.8 Å². The molecular formula is C19H34N4. The molecule has 0 aromatic carbocycles. The second-order valence-electron chi connectivity index (χ2n) is 6.42. The summed E-state index contributed by atoms with van der Waals surface area (Å²) in [5.74, 6) is 2.52. The van der Waals surface area contributed by atoms with Gasteiger partial charge in [-0.15, -0.1) is 0 Å². The van der Waals surface area contributed by atoms with Crippen molar-refractivity contribution in [1.29, 1.82) is 5.41 Å². The van der Waals surface area contributed by atoms with Gasteiger partial charge in [-0.25, -0.2) is 0 Å². The average Bonchev–Trinajstić information content (AvgIpc) is 2.53. The van der Waals surface area contributed by atoms with Crippen LogP contribution in [0.5, 0.6) is 0 Å². The van der Waals surface area contributed by atoms with Crippen molar-refractivity contribution in [3.05, 3.63) is 35.4 Å². The molecule has 0 spiro atoms. The van der Waals surface area contributed by atoms with Crippen molar-refractivity contribution in [2.24, 2.45) is 0 Å². The lowest BCUT2D eigenvalue weighted by Crippen LogP contribution is -2.39. The highest BCUT2D eigenvalue weighted by Crippen LogP contribution is 2.22. The molecule has 0 bridgehead atoms. The third-order valence-electron chi connectivity index (χ3n) is 4.19. The number of piperidine rings is 1. The molecule has 23 heavy (non-hydrogen) atoms. The van der Waals surface area contributed by atoms with E-state index in [1.54, 1.807) is 0 Å². The first kappa shape index (κ1) is 19.3. The fourth-order valence-corrected chi connectivity index (χ4v) is 2.98. The van der Waals surface area contributed by atoms with Crippen LogP contribution in [0.15, 0.2) is 35.4 Å². The third-order valence-corrected chi connectivity index (χ3v) is 4.19. The lowest BCUT2D eigenvalue weighted by Gasteiger charge is -2.39. The first-order valence-corrected chi connectivity index (χ1v) is 8.73. The van der Waals surface area contributed by atoms with E-state index in [0.717, 1.165) is 25.9 Å². The zero-order valence-corrected chi connectivity index (χ0v) is 15.6. The highest BCUT2D eigenvalue weighted by Gasteiger charge is 2.19. The minimum absolute atomic E-state index is 0.868. The Bertz CT molecular complexity index is 454. The molecule has 1 fully saturated rings. The van der Waals surface area contributed by atoms with Gasteiger partial charge in [0.25, 0.3) is 0 Å². The Morgan fingerprint density at radius 3 is 2.26 bits per heavy atom. The smallest absolute Gasteiger partial charge is 0.105 e. The van der Waals surface area contributed by atoms with Crippen LogP contribution in [0.1, 0.15) is 46.0 Å². The van der Waals surface area contributed by atoms with Crippen LogP contribution in [0.2, 0.25) is 0 Å². The van der Waals surface area contributed by atoms with E-state index < -0.39 is 0 Å². The quantitative estimate of drug-likeness (QED) is 0.686. The van der Waals surface area contributed by atoms with E-state index in [9.17, 15) is 0 Å². The monoisotopic (exact) mass is 318 g/mol. The van der Waals surface area contributed by atoms with Crippen molar-refractivity contribution in [2.75, 3.05) is 34.2 Å². The summed E-state index contributed by atoms with van der Waals surface area (Å²) in [6, 6.07) is 0. The maximum absolute atomic E-state index is 7.19. The number of nitrogens with one attached hydrogen (secondary N) is 1. The number of hydrogen-bond acceptors (Lipinski definition) is 4. The van der Waals surface area contributed by atoms with Crippen molar-refractivity contribution in [1.82, 2.24) is 14.7 Å². The van der Waals surface area contributed by atoms with E-state index in [1.807, 2.05) is 6.08 Å². The minimum atomic E-state index is 0.868. The summed E-state index contributed by atoms with van der Waals surface area (Å²) in [4.78, 5) is 7.00. The van der Waals surface area contributed by atoms with Crippen LogP contribution >= 0.6 is 0 Å². The van der Waals surface area contributed by atoms with Crippen LogP contribution in [0.25, 0.3) is 0 Å². The first-order valence-electron chi connectivity index (χ1n) is 8.73. The average molecular weight is 319 g/mol. The molecule has 130 valence electrons. The summed E-state index contributed by atoms with van der Waals surface area (Å²) in [6.45, 7) is 6.59. The van der Waals surface area contributed by atoms with Gasteiger partial charge in [0.05, 0.1) is 0 Å². The van der Waals surface area contributed by atoms with Crippen LogP contribution in [0.4, 0.5) is 0 Å². The van der Waals surface area contributed by atoms with E-state index in [-0.39, 0.29) is 0 Å². The summed E-state index contributed by atoms with van der Waals surface area (Å²) < 4.78 is 0. The zero-order valence-electron chi connectivity index (χ0n) is 15.6. The van der Waals surface area contributed by atoms with Crippen LogP contribution in [-0.4, -0.2) is 55.1 Å². The Morgan fingerprint density at radius 2 is 1.74 bits per heavy atom. The summed E-state index contributed by atoms with van der Waals surface area (Å²) in [7, 11) is 6.35. The van der Waals surface area contributed by atoms with E-state index >= 15 is 0 Å².